The number of aliphatic imine (C=N–C) groups is 1. The fourth-order valence-electron chi connectivity index (χ4n) is 3.29. The molecular formula is C18H24N2O3S2. The number of carbonyl (C=O) groups is 1. The van der Waals surface area contributed by atoms with Crippen LogP contribution in [0.5, 0.6) is 0 Å². The number of carbonyl (C=O) groups excluding carboxylic acids is 1. The number of thioether (sulfide) groups is 1. The lowest BCUT2D eigenvalue weighted by Crippen LogP contribution is -2.39. The van der Waals surface area contributed by atoms with Crippen molar-refractivity contribution in [3.8, 4) is 0 Å². The zero-order chi connectivity index (χ0) is 18.0. The second-order valence-electron chi connectivity index (χ2n) is 7.12. The molecule has 0 aromatic heterocycles. The Morgan fingerprint density at radius 2 is 2.00 bits per heavy atom. The number of benzene rings is 1. The van der Waals surface area contributed by atoms with Crippen LogP contribution in [0.2, 0.25) is 0 Å². The summed E-state index contributed by atoms with van der Waals surface area (Å²) in [5.41, 5.74) is 1.20. The van der Waals surface area contributed by atoms with Crippen molar-refractivity contribution in [1.29, 1.82) is 0 Å². The first-order chi connectivity index (χ1) is 11.8. The van der Waals surface area contributed by atoms with E-state index in [4.69, 9.17) is 0 Å². The van der Waals surface area contributed by atoms with Crippen LogP contribution in [0.3, 0.4) is 0 Å². The summed E-state index contributed by atoms with van der Waals surface area (Å²) in [6.07, 6.45) is 1.23. The van der Waals surface area contributed by atoms with Crippen molar-refractivity contribution in [2.75, 3.05) is 18.1 Å². The Balaban J connectivity index is 1.77. The molecule has 2 aliphatic rings. The SMILES string of the molecule is CC(C)CC(=O)N=C1S[C@@H]2CS(=O)(=O)C[C@@H]2N1CCc1ccccc1. The van der Waals surface area contributed by atoms with Gasteiger partial charge in [0.1, 0.15) is 0 Å². The van der Waals surface area contributed by atoms with Gasteiger partial charge in [-0.1, -0.05) is 55.9 Å². The number of amides is 1. The molecule has 0 N–H and O–H groups in total. The van der Waals surface area contributed by atoms with Crippen LogP contribution in [-0.4, -0.2) is 53.7 Å². The van der Waals surface area contributed by atoms with Crippen molar-refractivity contribution < 1.29 is 13.2 Å². The predicted molar refractivity (Wildman–Crippen MR) is 103 cm³/mol. The molecule has 1 aromatic carbocycles. The number of rotatable bonds is 5. The van der Waals surface area contributed by atoms with Gasteiger partial charge in [-0.3, -0.25) is 4.79 Å². The van der Waals surface area contributed by atoms with Crippen LogP contribution in [0, 0.1) is 5.92 Å². The van der Waals surface area contributed by atoms with Crippen LogP contribution < -0.4 is 0 Å². The Bertz CT molecular complexity index is 760. The van der Waals surface area contributed by atoms with Gasteiger partial charge in [-0.15, -0.1) is 0 Å². The van der Waals surface area contributed by atoms with Gasteiger partial charge in [-0.2, -0.15) is 4.99 Å². The molecule has 0 spiro atoms. The third kappa shape index (κ3) is 4.64. The molecule has 2 fully saturated rings. The molecule has 0 aliphatic carbocycles. The van der Waals surface area contributed by atoms with Crippen LogP contribution in [0.15, 0.2) is 35.3 Å². The van der Waals surface area contributed by atoms with E-state index in [0.717, 1.165) is 6.42 Å². The number of sulfone groups is 1. The van der Waals surface area contributed by atoms with Crippen LogP contribution in [0.1, 0.15) is 25.8 Å². The van der Waals surface area contributed by atoms with Gasteiger partial charge in [0.05, 0.1) is 17.5 Å². The standard InChI is InChI=1S/C18H24N2O3S2/c1-13(2)10-17(21)19-18-20(9-8-14-6-4-3-5-7-14)15-11-25(22,23)12-16(15)24-18/h3-7,13,15-16H,8-12H2,1-2H3/t15-,16+/m0/s1. The number of nitrogens with zero attached hydrogens (tertiary/aromatic N) is 2. The van der Waals surface area contributed by atoms with Crippen LogP contribution in [0.4, 0.5) is 0 Å². The van der Waals surface area contributed by atoms with Gasteiger partial charge < -0.3 is 4.90 Å². The van der Waals surface area contributed by atoms with Gasteiger partial charge in [0.15, 0.2) is 15.0 Å². The molecule has 2 heterocycles. The van der Waals surface area contributed by atoms with Gasteiger partial charge in [0.2, 0.25) is 5.91 Å². The highest BCUT2D eigenvalue weighted by Crippen LogP contribution is 2.38. The molecule has 1 amide bonds. The van der Waals surface area contributed by atoms with Crippen molar-refractivity contribution >= 4 is 32.7 Å². The summed E-state index contributed by atoms with van der Waals surface area (Å²) in [5.74, 6) is 0.490. The first-order valence-corrected chi connectivity index (χ1v) is 11.3. The average molecular weight is 381 g/mol. The van der Waals surface area contributed by atoms with E-state index in [9.17, 15) is 13.2 Å². The fraction of sp³-hybridized carbons (Fsp3) is 0.556. The second kappa shape index (κ2) is 7.50. The van der Waals surface area contributed by atoms with Crippen molar-refractivity contribution in [2.45, 2.75) is 38.0 Å². The maximum atomic E-state index is 12.1. The summed E-state index contributed by atoms with van der Waals surface area (Å²) in [6.45, 7) is 4.67. The highest BCUT2D eigenvalue weighted by atomic mass is 32.2. The van der Waals surface area contributed by atoms with Gasteiger partial charge in [0.25, 0.3) is 0 Å². The normalized spacial score (nSPS) is 26.4. The topological polar surface area (TPSA) is 66.8 Å². The Hall–Kier alpha value is -1.34. The minimum Gasteiger partial charge on any atom is -0.346 e. The lowest BCUT2D eigenvalue weighted by atomic mass is 10.1. The van der Waals surface area contributed by atoms with E-state index < -0.39 is 9.84 Å². The summed E-state index contributed by atoms with van der Waals surface area (Å²) in [4.78, 5) is 18.5. The smallest absolute Gasteiger partial charge is 0.248 e. The van der Waals surface area contributed by atoms with E-state index in [0.29, 0.717) is 18.1 Å². The highest BCUT2D eigenvalue weighted by Gasteiger charge is 2.48. The predicted octanol–water partition coefficient (Wildman–Crippen LogP) is 2.37. The van der Waals surface area contributed by atoms with Crippen molar-refractivity contribution in [1.82, 2.24) is 4.90 Å². The van der Waals surface area contributed by atoms with Crippen molar-refractivity contribution in [3.05, 3.63) is 35.9 Å². The summed E-state index contributed by atoms with van der Waals surface area (Å²) in [5, 5.41) is 0.692. The van der Waals surface area contributed by atoms with E-state index >= 15 is 0 Å². The molecule has 2 atom stereocenters. The highest BCUT2D eigenvalue weighted by molar-refractivity contribution is 8.15. The van der Waals surface area contributed by atoms with Gasteiger partial charge in [-0.05, 0) is 17.9 Å². The number of fused-ring (bicyclic) bond motifs is 1. The van der Waals surface area contributed by atoms with E-state index in [-0.39, 0.29) is 34.6 Å². The molecular weight excluding hydrogens is 356 g/mol. The van der Waals surface area contributed by atoms with E-state index in [1.807, 2.05) is 36.9 Å². The molecule has 2 aliphatic heterocycles. The molecule has 2 saturated heterocycles. The third-order valence-corrected chi connectivity index (χ3v) is 7.71. The quantitative estimate of drug-likeness (QED) is 0.785. The second-order valence-corrected chi connectivity index (χ2v) is 10.5. The van der Waals surface area contributed by atoms with Gasteiger partial charge in [0, 0.05) is 18.2 Å². The molecule has 136 valence electrons. The molecule has 25 heavy (non-hydrogen) atoms. The third-order valence-electron chi connectivity index (χ3n) is 4.46. The minimum absolute atomic E-state index is 0.00799. The van der Waals surface area contributed by atoms with E-state index in [1.54, 1.807) is 0 Å². The maximum absolute atomic E-state index is 12.1. The molecule has 5 nitrogen and oxygen atoms in total. The van der Waals surface area contributed by atoms with Gasteiger partial charge >= 0.3 is 0 Å². The number of hydrogen-bond acceptors (Lipinski definition) is 4. The summed E-state index contributed by atoms with van der Waals surface area (Å²) >= 11 is 1.46. The first-order valence-electron chi connectivity index (χ1n) is 8.63. The van der Waals surface area contributed by atoms with Gasteiger partial charge in [-0.25, -0.2) is 8.42 Å². The Morgan fingerprint density at radius 1 is 1.28 bits per heavy atom. The minimum atomic E-state index is -2.99. The Labute approximate surface area is 153 Å². The summed E-state index contributed by atoms with van der Waals surface area (Å²) in [7, 11) is -2.99. The molecule has 3 rings (SSSR count). The lowest BCUT2D eigenvalue weighted by molar-refractivity contribution is -0.118. The average Bonchev–Trinajstić information content (AvgIpc) is 2.97. The first kappa shape index (κ1) is 18.5. The maximum Gasteiger partial charge on any atom is 0.248 e. The molecule has 0 bridgehead atoms. The number of amidine groups is 1. The largest absolute Gasteiger partial charge is 0.346 e. The Kier molecular flexibility index (Phi) is 5.53. The van der Waals surface area contributed by atoms with Crippen LogP contribution >= 0.6 is 11.8 Å². The molecule has 1 aromatic rings. The fourth-order valence-corrected chi connectivity index (χ4v) is 7.29. The van der Waals surface area contributed by atoms with Crippen LogP contribution in [0.25, 0.3) is 0 Å². The molecule has 0 radical (unpaired) electrons. The molecule has 7 heteroatoms. The number of hydrogen-bond donors (Lipinski definition) is 0. The summed E-state index contributed by atoms with van der Waals surface area (Å²) < 4.78 is 24.0. The monoisotopic (exact) mass is 380 g/mol. The van der Waals surface area contributed by atoms with Crippen LogP contribution in [-0.2, 0) is 21.1 Å². The molecule has 0 saturated carbocycles. The summed E-state index contributed by atoms with van der Waals surface area (Å²) in [6, 6.07) is 10.0. The van der Waals surface area contributed by atoms with E-state index in [2.05, 4.69) is 17.1 Å². The zero-order valence-corrected chi connectivity index (χ0v) is 16.2. The van der Waals surface area contributed by atoms with Crippen molar-refractivity contribution in [2.24, 2.45) is 10.9 Å². The lowest BCUT2D eigenvalue weighted by Gasteiger charge is -2.24. The molecule has 0 unspecified atom stereocenters. The van der Waals surface area contributed by atoms with Crippen molar-refractivity contribution in [3.63, 3.8) is 0 Å². The van der Waals surface area contributed by atoms with E-state index in [1.165, 1.54) is 17.3 Å². The zero-order valence-electron chi connectivity index (χ0n) is 14.6. The Morgan fingerprint density at radius 3 is 2.68 bits per heavy atom.